The predicted octanol–water partition coefficient (Wildman–Crippen LogP) is 1.59. The summed E-state index contributed by atoms with van der Waals surface area (Å²) in [4.78, 5) is 11.2. The number of hydrogen-bond acceptors (Lipinski definition) is 3. The van der Waals surface area contributed by atoms with Crippen LogP contribution in [0.2, 0.25) is 0 Å². The Labute approximate surface area is 98.7 Å². The third-order valence-corrected chi connectivity index (χ3v) is 1.96. The largest absolute Gasteiger partial charge is 0.380 e. The molecule has 0 aromatic heterocycles. The standard InChI is InChI=1S/C12H25NO3/c1-10(2)5-7-15-8-6-13-12(14)9-16-11(3)4/h10-11H,5-9H2,1-4H3,(H,13,14). The molecule has 0 rings (SSSR count). The van der Waals surface area contributed by atoms with Gasteiger partial charge in [-0.05, 0) is 26.2 Å². The number of rotatable bonds is 9. The van der Waals surface area contributed by atoms with Crippen molar-refractivity contribution in [3.63, 3.8) is 0 Å². The van der Waals surface area contributed by atoms with E-state index in [1.165, 1.54) is 0 Å². The molecule has 0 heterocycles. The summed E-state index contributed by atoms with van der Waals surface area (Å²) in [5.41, 5.74) is 0. The maximum absolute atomic E-state index is 11.2. The van der Waals surface area contributed by atoms with Crippen molar-refractivity contribution in [2.75, 3.05) is 26.4 Å². The van der Waals surface area contributed by atoms with Gasteiger partial charge in [0, 0.05) is 13.2 Å². The molecular weight excluding hydrogens is 206 g/mol. The van der Waals surface area contributed by atoms with Gasteiger partial charge in [-0.3, -0.25) is 4.79 Å². The zero-order chi connectivity index (χ0) is 12.4. The van der Waals surface area contributed by atoms with E-state index in [2.05, 4.69) is 19.2 Å². The first kappa shape index (κ1) is 15.4. The first-order valence-electron chi connectivity index (χ1n) is 5.98. The molecule has 96 valence electrons. The molecule has 4 nitrogen and oxygen atoms in total. The lowest BCUT2D eigenvalue weighted by Gasteiger charge is -2.09. The fourth-order valence-corrected chi connectivity index (χ4v) is 0.977. The number of carbonyl (C=O) groups excluding carboxylic acids is 1. The van der Waals surface area contributed by atoms with Crippen LogP contribution < -0.4 is 5.32 Å². The molecule has 0 saturated heterocycles. The highest BCUT2D eigenvalue weighted by Gasteiger charge is 2.02. The lowest BCUT2D eigenvalue weighted by molar-refractivity contribution is -0.127. The average molecular weight is 231 g/mol. The summed E-state index contributed by atoms with van der Waals surface area (Å²) < 4.78 is 10.5. The normalized spacial score (nSPS) is 11.1. The van der Waals surface area contributed by atoms with Gasteiger partial charge in [-0.1, -0.05) is 13.8 Å². The Morgan fingerprint density at radius 2 is 1.88 bits per heavy atom. The molecule has 0 aromatic carbocycles. The van der Waals surface area contributed by atoms with E-state index in [0.29, 0.717) is 19.1 Å². The Hall–Kier alpha value is -0.610. The molecule has 0 bridgehead atoms. The van der Waals surface area contributed by atoms with Crippen LogP contribution in [0.5, 0.6) is 0 Å². The summed E-state index contributed by atoms with van der Waals surface area (Å²) in [5.74, 6) is 0.579. The van der Waals surface area contributed by atoms with Crippen molar-refractivity contribution in [3.05, 3.63) is 0 Å². The Bertz CT molecular complexity index is 181. The molecule has 0 spiro atoms. The summed E-state index contributed by atoms with van der Waals surface area (Å²) in [6, 6.07) is 0. The van der Waals surface area contributed by atoms with Gasteiger partial charge in [-0.2, -0.15) is 0 Å². The van der Waals surface area contributed by atoms with Crippen LogP contribution in [0.3, 0.4) is 0 Å². The summed E-state index contributed by atoms with van der Waals surface area (Å²) in [6.07, 6.45) is 1.15. The molecule has 16 heavy (non-hydrogen) atoms. The Balaban J connectivity index is 3.21. The molecule has 0 radical (unpaired) electrons. The highest BCUT2D eigenvalue weighted by molar-refractivity contribution is 5.77. The Morgan fingerprint density at radius 3 is 2.44 bits per heavy atom. The van der Waals surface area contributed by atoms with Gasteiger partial charge >= 0.3 is 0 Å². The second-order valence-corrected chi connectivity index (χ2v) is 4.50. The van der Waals surface area contributed by atoms with Crippen molar-refractivity contribution in [3.8, 4) is 0 Å². The fourth-order valence-electron chi connectivity index (χ4n) is 0.977. The van der Waals surface area contributed by atoms with E-state index >= 15 is 0 Å². The van der Waals surface area contributed by atoms with Crippen molar-refractivity contribution in [2.24, 2.45) is 5.92 Å². The summed E-state index contributed by atoms with van der Waals surface area (Å²) in [6.45, 7) is 10.1. The minimum Gasteiger partial charge on any atom is -0.380 e. The monoisotopic (exact) mass is 231 g/mol. The molecular formula is C12H25NO3. The van der Waals surface area contributed by atoms with Crippen molar-refractivity contribution >= 4 is 5.91 Å². The third-order valence-electron chi connectivity index (χ3n) is 1.96. The molecule has 0 aromatic rings. The molecule has 1 amide bonds. The number of carbonyl (C=O) groups is 1. The average Bonchev–Trinajstić information content (AvgIpc) is 2.19. The molecule has 0 saturated carbocycles. The van der Waals surface area contributed by atoms with Gasteiger partial charge in [0.05, 0.1) is 12.7 Å². The molecule has 0 aliphatic rings. The SMILES string of the molecule is CC(C)CCOCCNC(=O)COC(C)C. The van der Waals surface area contributed by atoms with E-state index in [0.717, 1.165) is 13.0 Å². The van der Waals surface area contributed by atoms with Crippen LogP contribution in [0.15, 0.2) is 0 Å². The smallest absolute Gasteiger partial charge is 0.246 e. The van der Waals surface area contributed by atoms with Crippen molar-refractivity contribution in [1.82, 2.24) is 5.32 Å². The van der Waals surface area contributed by atoms with Crippen LogP contribution in [-0.4, -0.2) is 38.4 Å². The maximum Gasteiger partial charge on any atom is 0.246 e. The van der Waals surface area contributed by atoms with Gasteiger partial charge in [0.1, 0.15) is 6.61 Å². The number of amides is 1. The number of ether oxygens (including phenoxy) is 2. The number of hydrogen-bond donors (Lipinski definition) is 1. The maximum atomic E-state index is 11.2. The predicted molar refractivity (Wildman–Crippen MR) is 64.4 cm³/mol. The van der Waals surface area contributed by atoms with Gasteiger partial charge in [-0.25, -0.2) is 0 Å². The molecule has 0 aliphatic carbocycles. The zero-order valence-corrected chi connectivity index (χ0v) is 10.9. The van der Waals surface area contributed by atoms with Crippen LogP contribution in [0, 0.1) is 5.92 Å². The van der Waals surface area contributed by atoms with Crippen LogP contribution in [0.1, 0.15) is 34.1 Å². The van der Waals surface area contributed by atoms with E-state index in [9.17, 15) is 4.79 Å². The third kappa shape index (κ3) is 11.5. The Morgan fingerprint density at radius 1 is 1.19 bits per heavy atom. The summed E-state index contributed by atoms with van der Waals surface area (Å²) in [7, 11) is 0. The number of nitrogens with one attached hydrogen (secondary N) is 1. The molecule has 0 aliphatic heterocycles. The second kappa shape index (κ2) is 9.60. The van der Waals surface area contributed by atoms with Crippen molar-refractivity contribution < 1.29 is 14.3 Å². The van der Waals surface area contributed by atoms with Crippen molar-refractivity contribution in [1.29, 1.82) is 0 Å². The minimum absolute atomic E-state index is 0.0823. The van der Waals surface area contributed by atoms with E-state index in [-0.39, 0.29) is 18.6 Å². The highest BCUT2D eigenvalue weighted by Crippen LogP contribution is 1.98. The van der Waals surface area contributed by atoms with Gasteiger partial charge in [0.15, 0.2) is 0 Å². The van der Waals surface area contributed by atoms with E-state index < -0.39 is 0 Å². The lowest BCUT2D eigenvalue weighted by atomic mass is 10.1. The van der Waals surface area contributed by atoms with E-state index in [1.807, 2.05) is 13.8 Å². The van der Waals surface area contributed by atoms with E-state index in [1.54, 1.807) is 0 Å². The quantitative estimate of drug-likeness (QED) is 0.613. The van der Waals surface area contributed by atoms with Gasteiger partial charge in [0.2, 0.25) is 5.91 Å². The summed E-state index contributed by atoms with van der Waals surface area (Å²) >= 11 is 0. The van der Waals surface area contributed by atoms with Crippen molar-refractivity contribution in [2.45, 2.75) is 40.2 Å². The topological polar surface area (TPSA) is 47.6 Å². The molecule has 0 atom stereocenters. The van der Waals surface area contributed by atoms with Crippen LogP contribution in [0.4, 0.5) is 0 Å². The fraction of sp³-hybridized carbons (Fsp3) is 0.917. The Kier molecular flexibility index (Phi) is 9.24. The summed E-state index contributed by atoms with van der Waals surface area (Å²) in [5, 5.41) is 2.74. The van der Waals surface area contributed by atoms with Crippen LogP contribution in [-0.2, 0) is 14.3 Å². The highest BCUT2D eigenvalue weighted by atomic mass is 16.5. The van der Waals surface area contributed by atoms with Crippen LogP contribution >= 0.6 is 0 Å². The second-order valence-electron chi connectivity index (χ2n) is 4.50. The minimum atomic E-state index is -0.0823. The zero-order valence-electron chi connectivity index (χ0n) is 10.9. The molecule has 4 heteroatoms. The lowest BCUT2D eigenvalue weighted by Crippen LogP contribution is -2.31. The van der Waals surface area contributed by atoms with E-state index in [4.69, 9.17) is 9.47 Å². The first-order chi connectivity index (χ1) is 7.52. The van der Waals surface area contributed by atoms with Gasteiger partial charge < -0.3 is 14.8 Å². The van der Waals surface area contributed by atoms with Gasteiger partial charge in [-0.15, -0.1) is 0 Å². The first-order valence-corrected chi connectivity index (χ1v) is 5.98. The molecule has 0 unspecified atom stereocenters. The molecule has 1 N–H and O–H groups in total. The van der Waals surface area contributed by atoms with Crippen LogP contribution in [0.25, 0.3) is 0 Å². The molecule has 0 fully saturated rings. The van der Waals surface area contributed by atoms with Gasteiger partial charge in [0.25, 0.3) is 0 Å².